The van der Waals surface area contributed by atoms with Gasteiger partial charge in [-0.25, -0.2) is 8.42 Å². The van der Waals surface area contributed by atoms with E-state index >= 15 is 0 Å². The molecule has 3 atom stereocenters. The highest BCUT2D eigenvalue weighted by molar-refractivity contribution is 7.91. The van der Waals surface area contributed by atoms with Crippen LogP contribution in [0, 0.1) is 0 Å². The summed E-state index contributed by atoms with van der Waals surface area (Å²) in [6.45, 7) is 1.89. The fourth-order valence-electron chi connectivity index (χ4n) is 2.67. The highest BCUT2D eigenvalue weighted by atomic mass is 35.5. The summed E-state index contributed by atoms with van der Waals surface area (Å²) in [6.07, 6.45) is 4.16. The van der Waals surface area contributed by atoms with Crippen LogP contribution in [0.5, 0.6) is 5.75 Å². The standard InChI is InChI=1S/C15H22ClNO3S/c1-10(17)11-6-7-15(14(16)8-11)20-12-4-3-5-13(9-12)21(2,18)19/h6-8,10,12-13H,3-5,9,17H2,1-2H3. The Kier molecular flexibility index (Phi) is 5.17. The zero-order chi connectivity index (χ0) is 15.6. The molecule has 0 amide bonds. The van der Waals surface area contributed by atoms with E-state index in [2.05, 4.69) is 0 Å². The van der Waals surface area contributed by atoms with Crippen molar-refractivity contribution in [2.45, 2.75) is 50.0 Å². The van der Waals surface area contributed by atoms with E-state index in [9.17, 15) is 8.42 Å². The summed E-state index contributed by atoms with van der Waals surface area (Å²) in [4.78, 5) is 0. The Morgan fingerprint density at radius 2 is 2.10 bits per heavy atom. The number of hydrogen-bond donors (Lipinski definition) is 1. The normalized spacial score (nSPS) is 24.6. The quantitative estimate of drug-likeness (QED) is 0.920. The van der Waals surface area contributed by atoms with Crippen LogP contribution < -0.4 is 10.5 Å². The molecule has 1 aliphatic carbocycles. The first-order valence-electron chi connectivity index (χ1n) is 7.18. The number of hydrogen-bond acceptors (Lipinski definition) is 4. The van der Waals surface area contributed by atoms with Crippen LogP contribution in [-0.2, 0) is 9.84 Å². The van der Waals surface area contributed by atoms with Gasteiger partial charge in [-0.15, -0.1) is 0 Å². The molecule has 21 heavy (non-hydrogen) atoms. The van der Waals surface area contributed by atoms with Crippen molar-refractivity contribution >= 4 is 21.4 Å². The van der Waals surface area contributed by atoms with Crippen LogP contribution >= 0.6 is 11.6 Å². The topological polar surface area (TPSA) is 69.4 Å². The van der Waals surface area contributed by atoms with Crippen molar-refractivity contribution in [3.05, 3.63) is 28.8 Å². The number of nitrogens with two attached hydrogens (primary N) is 1. The third-order valence-corrected chi connectivity index (χ3v) is 5.89. The molecule has 0 heterocycles. The molecule has 1 fully saturated rings. The van der Waals surface area contributed by atoms with Gasteiger partial charge in [-0.1, -0.05) is 17.7 Å². The Balaban J connectivity index is 2.08. The average molecular weight is 332 g/mol. The molecule has 3 unspecified atom stereocenters. The third-order valence-electron chi connectivity index (χ3n) is 3.96. The van der Waals surface area contributed by atoms with Gasteiger partial charge in [-0.05, 0) is 43.9 Å². The lowest BCUT2D eigenvalue weighted by Crippen LogP contribution is -2.33. The van der Waals surface area contributed by atoms with Crippen LogP contribution in [0.4, 0.5) is 0 Å². The fraction of sp³-hybridized carbons (Fsp3) is 0.600. The van der Waals surface area contributed by atoms with E-state index < -0.39 is 9.84 Å². The molecule has 1 aromatic carbocycles. The van der Waals surface area contributed by atoms with Crippen LogP contribution in [-0.4, -0.2) is 26.0 Å². The molecule has 0 spiro atoms. The number of sulfone groups is 1. The van der Waals surface area contributed by atoms with Crippen molar-refractivity contribution in [3.63, 3.8) is 0 Å². The molecule has 0 bridgehead atoms. The number of benzene rings is 1. The molecule has 118 valence electrons. The highest BCUT2D eigenvalue weighted by Crippen LogP contribution is 2.32. The molecule has 2 rings (SSSR count). The van der Waals surface area contributed by atoms with Crippen molar-refractivity contribution in [3.8, 4) is 5.75 Å². The highest BCUT2D eigenvalue weighted by Gasteiger charge is 2.30. The Morgan fingerprint density at radius 3 is 2.67 bits per heavy atom. The third kappa shape index (κ3) is 4.34. The average Bonchev–Trinajstić information content (AvgIpc) is 2.40. The van der Waals surface area contributed by atoms with Crippen LogP contribution in [0.1, 0.15) is 44.2 Å². The molecule has 0 aliphatic heterocycles. The summed E-state index contributed by atoms with van der Waals surface area (Å²) < 4.78 is 29.3. The summed E-state index contributed by atoms with van der Waals surface area (Å²) in [5.74, 6) is 0.597. The second kappa shape index (κ2) is 6.55. The Labute approximate surface area is 131 Å². The van der Waals surface area contributed by atoms with Crippen LogP contribution in [0.15, 0.2) is 18.2 Å². The maximum absolute atomic E-state index is 11.7. The summed E-state index contributed by atoms with van der Waals surface area (Å²) in [5.41, 5.74) is 6.77. The molecular weight excluding hydrogens is 310 g/mol. The van der Waals surface area contributed by atoms with Crippen molar-refractivity contribution in [2.75, 3.05) is 6.26 Å². The summed E-state index contributed by atoms with van der Waals surface area (Å²) in [6, 6.07) is 5.42. The van der Waals surface area contributed by atoms with Gasteiger partial charge >= 0.3 is 0 Å². The second-order valence-corrected chi connectivity index (χ2v) is 8.57. The predicted octanol–water partition coefficient (Wildman–Crippen LogP) is 3.09. The van der Waals surface area contributed by atoms with Gasteiger partial charge in [-0.3, -0.25) is 0 Å². The number of rotatable bonds is 4. The molecular formula is C15H22ClNO3S. The van der Waals surface area contributed by atoms with Gasteiger partial charge in [0.2, 0.25) is 0 Å². The second-order valence-electron chi connectivity index (χ2n) is 5.84. The zero-order valence-corrected chi connectivity index (χ0v) is 14.0. The maximum atomic E-state index is 11.7. The molecule has 0 aromatic heterocycles. The predicted molar refractivity (Wildman–Crippen MR) is 85.6 cm³/mol. The van der Waals surface area contributed by atoms with Gasteiger partial charge < -0.3 is 10.5 Å². The SMILES string of the molecule is CC(N)c1ccc(OC2CCCC(S(C)(=O)=O)C2)c(Cl)c1. The minimum absolute atomic E-state index is 0.0826. The fourth-order valence-corrected chi connectivity index (χ4v) is 4.07. The number of ether oxygens (including phenoxy) is 1. The van der Waals surface area contributed by atoms with E-state index in [0.717, 1.165) is 24.8 Å². The lowest BCUT2D eigenvalue weighted by atomic mass is 9.97. The van der Waals surface area contributed by atoms with Crippen molar-refractivity contribution < 1.29 is 13.2 Å². The van der Waals surface area contributed by atoms with Crippen molar-refractivity contribution in [2.24, 2.45) is 5.73 Å². The molecule has 0 saturated heterocycles. The lowest BCUT2D eigenvalue weighted by Gasteiger charge is -2.29. The van der Waals surface area contributed by atoms with Crippen LogP contribution in [0.2, 0.25) is 5.02 Å². The van der Waals surface area contributed by atoms with E-state index in [-0.39, 0.29) is 17.4 Å². The van der Waals surface area contributed by atoms with Gasteiger partial charge in [0, 0.05) is 18.7 Å². The van der Waals surface area contributed by atoms with E-state index in [1.807, 2.05) is 19.1 Å². The van der Waals surface area contributed by atoms with Gasteiger partial charge in [0.25, 0.3) is 0 Å². The van der Waals surface area contributed by atoms with E-state index in [4.69, 9.17) is 22.1 Å². The maximum Gasteiger partial charge on any atom is 0.150 e. The summed E-state index contributed by atoms with van der Waals surface area (Å²) in [5, 5.41) is 0.213. The Bertz CT molecular complexity index is 601. The first kappa shape index (κ1) is 16.6. The molecule has 2 N–H and O–H groups in total. The monoisotopic (exact) mass is 331 g/mol. The van der Waals surface area contributed by atoms with E-state index in [1.165, 1.54) is 6.26 Å². The van der Waals surface area contributed by atoms with Gasteiger partial charge in [0.05, 0.1) is 10.3 Å². The first-order valence-corrected chi connectivity index (χ1v) is 9.51. The Morgan fingerprint density at radius 1 is 1.38 bits per heavy atom. The molecule has 4 nitrogen and oxygen atoms in total. The van der Waals surface area contributed by atoms with Gasteiger partial charge in [0.1, 0.15) is 21.7 Å². The summed E-state index contributed by atoms with van der Waals surface area (Å²) >= 11 is 6.22. The smallest absolute Gasteiger partial charge is 0.150 e. The molecule has 0 radical (unpaired) electrons. The minimum Gasteiger partial charge on any atom is -0.489 e. The molecule has 1 aromatic rings. The van der Waals surface area contributed by atoms with Crippen molar-refractivity contribution in [1.82, 2.24) is 0 Å². The minimum atomic E-state index is -3.01. The van der Waals surface area contributed by atoms with Gasteiger partial charge in [0.15, 0.2) is 0 Å². The van der Waals surface area contributed by atoms with Crippen molar-refractivity contribution in [1.29, 1.82) is 0 Å². The van der Waals surface area contributed by atoms with Crippen LogP contribution in [0.3, 0.4) is 0 Å². The zero-order valence-electron chi connectivity index (χ0n) is 12.4. The Hall–Kier alpha value is -0.780. The summed E-state index contributed by atoms with van der Waals surface area (Å²) in [7, 11) is -3.01. The number of halogens is 1. The molecule has 6 heteroatoms. The van der Waals surface area contributed by atoms with E-state index in [1.54, 1.807) is 6.07 Å². The lowest BCUT2D eigenvalue weighted by molar-refractivity contribution is 0.156. The largest absolute Gasteiger partial charge is 0.489 e. The van der Waals surface area contributed by atoms with Crippen LogP contribution in [0.25, 0.3) is 0 Å². The molecule has 1 saturated carbocycles. The van der Waals surface area contributed by atoms with Gasteiger partial charge in [-0.2, -0.15) is 0 Å². The van der Waals surface area contributed by atoms with E-state index in [0.29, 0.717) is 17.2 Å². The molecule has 1 aliphatic rings. The first-order chi connectivity index (χ1) is 9.77.